The predicted molar refractivity (Wildman–Crippen MR) is 113 cm³/mol. The van der Waals surface area contributed by atoms with Crippen molar-refractivity contribution in [2.75, 3.05) is 39.3 Å². The van der Waals surface area contributed by atoms with E-state index in [2.05, 4.69) is 5.32 Å². The van der Waals surface area contributed by atoms with Crippen molar-refractivity contribution < 1.29 is 23.9 Å². The standard InChI is InChI=1S/C22H33N3O5/c1-16-7-8-18(13-17(16)2)29-15-20(27)25-10-6-9-24(11-12-25)19(26)14-23-21(28)30-22(3,4)5/h7-8,13H,6,9-12,14-15H2,1-5H3,(H,23,28). The Morgan fingerprint density at radius 2 is 1.60 bits per heavy atom. The molecule has 0 spiro atoms. The van der Waals surface area contributed by atoms with Crippen LogP contribution in [0.2, 0.25) is 0 Å². The monoisotopic (exact) mass is 419 g/mol. The van der Waals surface area contributed by atoms with Gasteiger partial charge < -0.3 is 24.6 Å². The second kappa shape index (κ2) is 10.3. The average Bonchev–Trinajstić information content (AvgIpc) is 2.92. The van der Waals surface area contributed by atoms with E-state index in [1.54, 1.807) is 30.6 Å². The summed E-state index contributed by atoms with van der Waals surface area (Å²) in [5, 5.41) is 2.48. The van der Waals surface area contributed by atoms with Gasteiger partial charge in [0, 0.05) is 26.2 Å². The van der Waals surface area contributed by atoms with Gasteiger partial charge in [-0.1, -0.05) is 6.07 Å². The molecule has 0 aromatic heterocycles. The summed E-state index contributed by atoms with van der Waals surface area (Å²) in [5.74, 6) is 0.377. The molecule has 1 heterocycles. The van der Waals surface area contributed by atoms with Crippen molar-refractivity contribution in [3.05, 3.63) is 29.3 Å². The van der Waals surface area contributed by atoms with Crippen molar-refractivity contribution >= 4 is 17.9 Å². The number of alkyl carbamates (subject to hydrolysis) is 1. The molecular formula is C22H33N3O5. The van der Waals surface area contributed by atoms with Crippen LogP contribution in [0.3, 0.4) is 0 Å². The third kappa shape index (κ3) is 7.57. The number of benzene rings is 1. The normalized spacial score (nSPS) is 14.7. The maximum Gasteiger partial charge on any atom is 0.408 e. The van der Waals surface area contributed by atoms with E-state index < -0.39 is 11.7 Å². The highest BCUT2D eigenvalue weighted by atomic mass is 16.6. The van der Waals surface area contributed by atoms with E-state index in [0.29, 0.717) is 38.3 Å². The minimum atomic E-state index is -0.619. The third-order valence-corrected chi connectivity index (χ3v) is 4.82. The van der Waals surface area contributed by atoms with Crippen LogP contribution in [0, 0.1) is 13.8 Å². The molecule has 166 valence electrons. The second-order valence-electron chi connectivity index (χ2n) is 8.51. The summed E-state index contributed by atoms with van der Waals surface area (Å²) in [7, 11) is 0. The van der Waals surface area contributed by atoms with Crippen molar-refractivity contribution in [3.8, 4) is 5.75 Å². The summed E-state index contributed by atoms with van der Waals surface area (Å²) in [6, 6.07) is 5.75. The van der Waals surface area contributed by atoms with Crippen molar-refractivity contribution in [1.29, 1.82) is 0 Å². The number of carbonyl (C=O) groups is 3. The van der Waals surface area contributed by atoms with Crippen LogP contribution < -0.4 is 10.1 Å². The van der Waals surface area contributed by atoms with Gasteiger partial charge in [0.1, 0.15) is 17.9 Å². The molecule has 0 unspecified atom stereocenters. The number of hydrogen-bond acceptors (Lipinski definition) is 5. The highest BCUT2D eigenvalue weighted by molar-refractivity contribution is 5.82. The SMILES string of the molecule is Cc1ccc(OCC(=O)N2CCCN(C(=O)CNC(=O)OC(C)(C)C)CC2)cc1C. The fourth-order valence-electron chi connectivity index (χ4n) is 3.03. The molecule has 1 N–H and O–H groups in total. The highest BCUT2D eigenvalue weighted by Gasteiger charge is 2.23. The van der Waals surface area contributed by atoms with E-state index in [-0.39, 0.29) is 25.0 Å². The van der Waals surface area contributed by atoms with Crippen molar-refractivity contribution in [1.82, 2.24) is 15.1 Å². The maximum atomic E-state index is 12.5. The van der Waals surface area contributed by atoms with E-state index in [1.165, 1.54) is 5.56 Å². The molecule has 1 aliphatic rings. The lowest BCUT2D eigenvalue weighted by Crippen LogP contribution is -2.44. The molecule has 8 heteroatoms. The minimum Gasteiger partial charge on any atom is -0.484 e. The van der Waals surface area contributed by atoms with E-state index in [4.69, 9.17) is 9.47 Å². The molecule has 2 rings (SSSR count). The van der Waals surface area contributed by atoms with Gasteiger partial charge in [-0.2, -0.15) is 0 Å². The Morgan fingerprint density at radius 3 is 2.20 bits per heavy atom. The molecule has 1 aliphatic heterocycles. The van der Waals surface area contributed by atoms with Crippen molar-refractivity contribution in [3.63, 3.8) is 0 Å². The number of aryl methyl sites for hydroxylation is 2. The van der Waals surface area contributed by atoms with Gasteiger partial charge in [-0.15, -0.1) is 0 Å². The molecule has 30 heavy (non-hydrogen) atoms. The first-order valence-electron chi connectivity index (χ1n) is 10.3. The second-order valence-corrected chi connectivity index (χ2v) is 8.51. The number of nitrogens with one attached hydrogen (secondary N) is 1. The summed E-state index contributed by atoms with van der Waals surface area (Å²) in [6.07, 6.45) is 0.0547. The lowest BCUT2D eigenvalue weighted by atomic mass is 10.1. The zero-order valence-corrected chi connectivity index (χ0v) is 18.6. The Hall–Kier alpha value is -2.77. The molecule has 1 aromatic carbocycles. The Bertz CT molecular complexity index is 773. The van der Waals surface area contributed by atoms with Crippen molar-refractivity contribution in [2.45, 2.75) is 46.6 Å². The summed E-state index contributed by atoms with van der Waals surface area (Å²) in [5.41, 5.74) is 1.67. The molecule has 0 aliphatic carbocycles. The fraction of sp³-hybridized carbons (Fsp3) is 0.591. The zero-order valence-electron chi connectivity index (χ0n) is 18.6. The van der Waals surface area contributed by atoms with Crippen molar-refractivity contribution in [2.24, 2.45) is 0 Å². The van der Waals surface area contributed by atoms with Gasteiger partial charge in [-0.3, -0.25) is 9.59 Å². The van der Waals surface area contributed by atoms with Crippen LogP contribution in [0.1, 0.15) is 38.3 Å². The van der Waals surface area contributed by atoms with E-state index >= 15 is 0 Å². The van der Waals surface area contributed by atoms with Gasteiger partial charge in [0.2, 0.25) is 5.91 Å². The lowest BCUT2D eigenvalue weighted by molar-refractivity contribution is -0.134. The van der Waals surface area contributed by atoms with Crippen LogP contribution in [0.25, 0.3) is 0 Å². The minimum absolute atomic E-state index is 0.0311. The molecule has 1 fully saturated rings. The first-order chi connectivity index (χ1) is 14.0. The summed E-state index contributed by atoms with van der Waals surface area (Å²) in [6.45, 7) is 11.1. The molecule has 0 atom stereocenters. The Morgan fingerprint density at radius 1 is 0.967 bits per heavy atom. The molecule has 1 aromatic rings. The van der Waals surface area contributed by atoms with Gasteiger partial charge in [0.25, 0.3) is 5.91 Å². The number of carbonyl (C=O) groups excluding carboxylic acids is 3. The topological polar surface area (TPSA) is 88.2 Å². The molecule has 0 saturated carbocycles. The molecule has 0 radical (unpaired) electrons. The highest BCUT2D eigenvalue weighted by Crippen LogP contribution is 2.16. The molecule has 3 amide bonds. The molecule has 1 saturated heterocycles. The van der Waals surface area contributed by atoms with E-state index in [9.17, 15) is 14.4 Å². The van der Waals surface area contributed by atoms with Gasteiger partial charge in [-0.05, 0) is 64.3 Å². The molecule has 8 nitrogen and oxygen atoms in total. The number of nitrogens with zero attached hydrogens (tertiary/aromatic N) is 2. The number of ether oxygens (including phenoxy) is 2. The average molecular weight is 420 g/mol. The fourth-order valence-corrected chi connectivity index (χ4v) is 3.03. The van der Waals surface area contributed by atoms with E-state index in [0.717, 1.165) is 5.56 Å². The van der Waals surface area contributed by atoms with Gasteiger partial charge in [-0.25, -0.2) is 4.79 Å². The van der Waals surface area contributed by atoms with Gasteiger partial charge >= 0.3 is 6.09 Å². The van der Waals surface area contributed by atoms with Gasteiger partial charge in [0.15, 0.2) is 6.61 Å². The Balaban J connectivity index is 1.78. The zero-order chi connectivity index (χ0) is 22.3. The Labute approximate surface area is 178 Å². The Kier molecular flexibility index (Phi) is 8.08. The first kappa shape index (κ1) is 23.5. The summed E-state index contributed by atoms with van der Waals surface area (Å²) < 4.78 is 10.8. The largest absolute Gasteiger partial charge is 0.484 e. The van der Waals surface area contributed by atoms with Crippen LogP contribution >= 0.6 is 0 Å². The number of amides is 3. The summed E-state index contributed by atoms with van der Waals surface area (Å²) >= 11 is 0. The van der Waals surface area contributed by atoms with Crippen LogP contribution in [0.15, 0.2) is 18.2 Å². The number of hydrogen-bond donors (Lipinski definition) is 1. The predicted octanol–water partition coefficient (Wildman–Crippen LogP) is 2.27. The summed E-state index contributed by atoms with van der Waals surface area (Å²) in [4.78, 5) is 40.0. The van der Waals surface area contributed by atoms with Crippen LogP contribution in [-0.4, -0.2) is 72.6 Å². The smallest absolute Gasteiger partial charge is 0.408 e. The molecule has 0 bridgehead atoms. The maximum absolute atomic E-state index is 12.5. The first-order valence-corrected chi connectivity index (χ1v) is 10.3. The number of rotatable bonds is 5. The van der Waals surface area contributed by atoms with Crippen LogP contribution in [0.5, 0.6) is 5.75 Å². The van der Waals surface area contributed by atoms with Crippen LogP contribution in [-0.2, 0) is 14.3 Å². The lowest BCUT2D eigenvalue weighted by Gasteiger charge is -2.23. The van der Waals surface area contributed by atoms with E-state index in [1.807, 2.05) is 32.0 Å². The quantitative estimate of drug-likeness (QED) is 0.791. The van der Waals surface area contributed by atoms with Gasteiger partial charge in [0.05, 0.1) is 0 Å². The van der Waals surface area contributed by atoms with Crippen LogP contribution in [0.4, 0.5) is 4.79 Å². The third-order valence-electron chi connectivity index (χ3n) is 4.82. The molecular weight excluding hydrogens is 386 g/mol.